The van der Waals surface area contributed by atoms with Crippen molar-refractivity contribution in [2.75, 3.05) is 13.7 Å². The SMILES string of the molecule is [B][C@H]1[CH-]C(C)[C@@H](COP(=O)(O)OP(=O)(O)OC)O1.[Y]. The van der Waals surface area contributed by atoms with E-state index in [0.717, 1.165) is 7.11 Å². The van der Waals surface area contributed by atoms with E-state index in [9.17, 15) is 14.0 Å². The molecule has 0 aromatic rings. The molecule has 2 N–H and O–H groups in total. The molecule has 0 spiro atoms. The van der Waals surface area contributed by atoms with Crippen molar-refractivity contribution in [3.05, 3.63) is 6.42 Å². The minimum absolute atomic E-state index is 0. The molecular weight excluding hydrogens is 374 g/mol. The van der Waals surface area contributed by atoms with Crippen molar-refractivity contribution < 1.29 is 69.7 Å². The summed E-state index contributed by atoms with van der Waals surface area (Å²) in [6.07, 6.45) is 1.17. The zero-order valence-electron chi connectivity index (χ0n) is 10.4. The van der Waals surface area contributed by atoms with E-state index in [0.29, 0.717) is 0 Å². The molecule has 0 bridgehead atoms. The maximum Gasteiger partial charge on any atom is 0.481 e. The molecular formula is C7H14BO8P2Y-. The molecule has 1 rings (SSSR count). The van der Waals surface area contributed by atoms with E-state index >= 15 is 0 Å². The molecule has 0 amide bonds. The summed E-state index contributed by atoms with van der Waals surface area (Å²) in [5.74, 6) is -0.0802. The zero-order valence-corrected chi connectivity index (χ0v) is 15.0. The van der Waals surface area contributed by atoms with Gasteiger partial charge in [0, 0.05) is 39.8 Å². The van der Waals surface area contributed by atoms with Crippen molar-refractivity contribution in [2.45, 2.75) is 19.0 Å². The van der Waals surface area contributed by atoms with E-state index in [2.05, 4.69) is 13.4 Å². The van der Waals surface area contributed by atoms with Crippen LogP contribution < -0.4 is 0 Å². The van der Waals surface area contributed by atoms with Crippen LogP contribution in [0, 0.1) is 12.3 Å². The molecule has 107 valence electrons. The van der Waals surface area contributed by atoms with Crippen molar-refractivity contribution in [1.29, 1.82) is 0 Å². The van der Waals surface area contributed by atoms with Gasteiger partial charge in [0.15, 0.2) is 0 Å². The summed E-state index contributed by atoms with van der Waals surface area (Å²) in [6.45, 7) is 1.49. The van der Waals surface area contributed by atoms with Crippen molar-refractivity contribution >= 4 is 23.5 Å². The van der Waals surface area contributed by atoms with E-state index in [1.807, 2.05) is 0 Å². The van der Waals surface area contributed by atoms with Gasteiger partial charge < -0.3 is 20.9 Å². The third kappa shape index (κ3) is 7.27. The first-order valence-electron chi connectivity index (χ1n) is 4.98. The van der Waals surface area contributed by atoms with Gasteiger partial charge in [-0.3, -0.25) is 9.05 Å². The molecule has 3 unspecified atom stereocenters. The number of phosphoric ester groups is 2. The monoisotopic (exact) mass is 388 g/mol. The molecule has 0 aliphatic carbocycles. The van der Waals surface area contributed by atoms with Crippen molar-refractivity contribution in [2.24, 2.45) is 5.92 Å². The summed E-state index contributed by atoms with van der Waals surface area (Å²) in [5, 5.41) is 0. The minimum Gasteiger partial charge on any atom is -0.415 e. The third-order valence-corrected chi connectivity index (χ3v) is 4.84. The molecule has 0 aromatic heterocycles. The normalized spacial score (nSPS) is 33.2. The molecule has 1 fully saturated rings. The van der Waals surface area contributed by atoms with Gasteiger partial charge in [0.25, 0.3) is 0 Å². The Balaban J connectivity index is 0.00000324. The fourth-order valence-electron chi connectivity index (χ4n) is 1.34. The summed E-state index contributed by atoms with van der Waals surface area (Å²) in [6, 6.07) is -0.574. The summed E-state index contributed by atoms with van der Waals surface area (Å²) < 4.78 is 40.0. The third-order valence-electron chi connectivity index (χ3n) is 2.25. The Labute approximate surface area is 138 Å². The molecule has 1 saturated heterocycles. The first-order valence-corrected chi connectivity index (χ1v) is 7.97. The minimum atomic E-state index is -4.70. The van der Waals surface area contributed by atoms with Crippen molar-refractivity contribution in [3.8, 4) is 0 Å². The maximum absolute atomic E-state index is 11.3. The van der Waals surface area contributed by atoms with Gasteiger partial charge in [0.05, 0.1) is 20.6 Å². The van der Waals surface area contributed by atoms with Crippen LogP contribution in [0.1, 0.15) is 6.92 Å². The van der Waals surface area contributed by atoms with Crippen molar-refractivity contribution in [1.82, 2.24) is 0 Å². The van der Waals surface area contributed by atoms with E-state index in [4.69, 9.17) is 17.5 Å². The van der Waals surface area contributed by atoms with Gasteiger partial charge in [-0.25, -0.2) is 9.13 Å². The van der Waals surface area contributed by atoms with Gasteiger partial charge in [0.1, 0.15) is 0 Å². The van der Waals surface area contributed by atoms with Gasteiger partial charge in [0.2, 0.25) is 0 Å². The van der Waals surface area contributed by atoms with Gasteiger partial charge in [-0.05, 0) is 0 Å². The Hall–Kier alpha value is 1.39. The Kier molecular flexibility index (Phi) is 8.73. The quantitative estimate of drug-likeness (QED) is 0.387. The smallest absolute Gasteiger partial charge is 0.415 e. The molecule has 1 heterocycles. The van der Waals surface area contributed by atoms with Gasteiger partial charge in [-0.15, -0.1) is 5.92 Å². The standard InChI is InChI=1S/C7H14BO8P2.Y/c1-5-3-7(8)15-6(5)4-14-18(11,12)16-17(9,10)13-2;/h3,5-7H,4H2,1-2H3,(H,9,10)(H,11,12);/q-1;/t5?,6-,7-;/m1./s1. The second-order valence-electron chi connectivity index (χ2n) is 3.69. The van der Waals surface area contributed by atoms with Crippen LogP contribution in [-0.2, 0) is 59.9 Å². The summed E-state index contributed by atoms with van der Waals surface area (Å²) >= 11 is 0. The summed E-state index contributed by atoms with van der Waals surface area (Å²) in [4.78, 5) is 18.1. The first kappa shape index (κ1) is 20.4. The fourth-order valence-corrected chi connectivity index (χ4v) is 3.17. The van der Waals surface area contributed by atoms with Crippen LogP contribution in [0.4, 0.5) is 0 Å². The number of ether oxygens (including phenoxy) is 1. The molecule has 5 atom stereocenters. The summed E-state index contributed by atoms with van der Waals surface area (Å²) in [5.41, 5.74) is 0. The van der Waals surface area contributed by atoms with E-state index in [-0.39, 0.29) is 45.2 Å². The maximum atomic E-state index is 11.3. The molecule has 1 aliphatic heterocycles. The number of rotatable bonds is 6. The van der Waals surface area contributed by atoms with Crippen LogP contribution in [-0.4, -0.2) is 43.5 Å². The predicted octanol–water partition coefficient (Wildman–Crippen LogP) is 0.598. The topological polar surface area (TPSA) is 112 Å². The second-order valence-corrected chi connectivity index (χ2v) is 6.84. The van der Waals surface area contributed by atoms with Gasteiger partial charge in [-0.2, -0.15) is 4.31 Å². The average molecular weight is 388 g/mol. The van der Waals surface area contributed by atoms with E-state index < -0.39 is 27.8 Å². The number of hydrogen-bond acceptors (Lipinski definition) is 6. The Morgan fingerprint density at radius 2 is 1.95 bits per heavy atom. The Morgan fingerprint density at radius 1 is 1.37 bits per heavy atom. The molecule has 3 radical (unpaired) electrons. The molecule has 0 saturated carbocycles. The second kappa shape index (κ2) is 8.14. The van der Waals surface area contributed by atoms with Crippen LogP contribution in [0.25, 0.3) is 0 Å². The van der Waals surface area contributed by atoms with Crippen LogP contribution >= 0.6 is 15.6 Å². The van der Waals surface area contributed by atoms with E-state index in [1.165, 1.54) is 0 Å². The Morgan fingerprint density at radius 3 is 2.37 bits per heavy atom. The van der Waals surface area contributed by atoms with Crippen LogP contribution in [0.3, 0.4) is 0 Å². The van der Waals surface area contributed by atoms with Crippen LogP contribution in [0.15, 0.2) is 0 Å². The van der Waals surface area contributed by atoms with Crippen molar-refractivity contribution in [3.63, 3.8) is 0 Å². The number of phosphoric acid groups is 2. The van der Waals surface area contributed by atoms with Crippen LogP contribution in [0.2, 0.25) is 0 Å². The predicted molar refractivity (Wildman–Crippen MR) is 61.6 cm³/mol. The molecule has 0 aromatic carbocycles. The average Bonchev–Trinajstić information content (AvgIpc) is 2.53. The molecule has 8 nitrogen and oxygen atoms in total. The molecule has 1 aliphatic rings. The largest absolute Gasteiger partial charge is 0.481 e. The zero-order chi connectivity index (χ0) is 14.0. The van der Waals surface area contributed by atoms with E-state index in [1.54, 1.807) is 13.3 Å². The number of hydrogen-bond donors (Lipinski definition) is 2. The van der Waals surface area contributed by atoms with Gasteiger partial charge >= 0.3 is 15.6 Å². The Bertz CT molecular complexity index is 382. The first-order chi connectivity index (χ1) is 8.15. The fraction of sp³-hybridized carbons (Fsp3) is 0.857. The molecule has 19 heavy (non-hydrogen) atoms. The van der Waals surface area contributed by atoms with Crippen LogP contribution in [0.5, 0.6) is 0 Å². The summed E-state index contributed by atoms with van der Waals surface area (Å²) in [7, 11) is -2.96. The molecule has 12 heteroatoms. The van der Waals surface area contributed by atoms with Gasteiger partial charge in [-0.1, -0.05) is 12.9 Å².